The minimum atomic E-state index is 0.0839. The van der Waals surface area contributed by atoms with E-state index in [0.717, 1.165) is 36.7 Å². The molecule has 1 amide bonds. The Hall–Kier alpha value is -2.08. The molecule has 1 fully saturated rings. The van der Waals surface area contributed by atoms with Gasteiger partial charge >= 0.3 is 0 Å². The summed E-state index contributed by atoms with van der Waals surface area (Å²) in [6, 6.07) is 7.78. The molecule has 2 rings (SSSR count). The van der Waals surface area contributed by atoms with Crippen LogP contribution in [0.25, 0.3) is 0 Å². The van der Waals surface area contributed by atoms with Crippen molar-refractivity contribution in [1.82, 2.24) is 15.5 Å². The van der Waals surface area contributed by atoms with E-state index in [9.17, 15) is 4.79 Å². The van der Waals surface area contributed by atoms with Crippen molar-refractivity contribution in [3.05, 3.63) is 35.4 Å². The largest absolute Gasteiger partial charge is 0.376 e. The van der Waals surface area contributed by atoms with Crippen LogP contribution >= 0.6 is 0 Å². The van der Waals surface area contributed by atoms with E-state index in [4.69, 9.17) is 4.74 Å². The van der Waals surface area contributed by atoms with Crippen LogP contribution in [-0.4, -0.2) is 56.2 Å². The summed E-state index contributed by atoms with van der Waals surface area (Å²) in [6.45, 7) is 7.56. The molecule has 0 atom stereocenters. The lowest BCUT2D eigenvalue weighted by atomic mass is 10.1. The van der Waals surface area contributed by atoms with Gasteiger partial charge in [-0.3, -0.25) is 9.79 Å². The van der Waals surface area contributed by atoms with Crippen LogP contribution in [0.4, 0.5) is 0 Å². The quantitative estimate of drug-likeness (QED) is 0.287. The van der Waals surface area contributed by atoms with Crippen LogP contribution in [0.2, 0.25) is 0 Å². The molecule has 29 heavy (non-hydrogen) atoms. The highest BCUT2D eigenvalue weighted by Crippen LogP contribution is 2.19. The molecule has 0 saturated heterocycles. The molecule has 1 aromatic carbocycles. The molecular weight excluding hydrogens is 364 g/mol. The van der Waals surface area contributed by atoms with Crippen LogP contribution in [0, 0.1) is 0 Å². The molecule has 6 heteroatoms. The second-order valence-electron chi connectivity index (χ2n) is 7.51. The van der Waals surface area contributed by atoms with Crippen molar-refractivity contribution in [2.24, 2.45) is 4.99 Å². The summed E-state index contributed by atoms with van der Waals surface area (Å²) < 4.78 is 6.01. The summed E-state index contributed by atoms with van der Waals surface area (Å²) in [6.07, 6.45) is 8.09. The van der Waals surface area contributed by atoms with E-state index in [2.05, 4.69) is 15.6 Å². The number of guanidine groups is 1. The first-order valence-electron chi connectivity index (χ1n) is 11.1. The third-order valence-corrected chi connectivity index (χ3v) is 5.49. The molecule has 0 unspecified atom stereocenters. The zero-order valence-corrected chi connectivity index (χ0v) is 18.4. The molecule has 1 aliphatic carbocycles. The van der Waals surface area contributed by atoms with E-state index in [-0.39, 0.29) is 5.91 Å². The van der Waals surface area contributed by atoms with Crippen molar-refractivity contribution in [3.8, 4) is 0 Å². The average molecular weight is 403 g/mol. The van der Waals surface area contributed by atoms with Gasteiger partial charge in [0.05, 0.1) is 12.7 Å². The maximum absolute atomic E-state index is 12.4. The number of carbonyl (C=O) groups excluding carboxylic acids is 1. The number of amides is 1. The lowest BCUT2D eigenvalue weighted by molar-refractivity contribution is 0.0468. The summed E-state index contributed by atoms with van der Waals surface area (Å²) in [5.41, 5.74) is 1.84. The van der Waals surface area contributed by atoms with E-state index in [1.807, 2.05) is 43.0 Å². The Balaban J connectivity index is 1.71. The molecule has 1 saturated carbocycles. The van der Waals surface area contributed by atoms with Gasteiger partial charge < -0.3 is 20.3 Å². The molecule has 0 radical (unpaired) electrons. The Labute approximate surface area is 176 Å². The third kappa shape index (κ3) is 8.05. The highest BCUT2D eigenvalue weighted by atomic mass is 16.5. The molecule has 2 N–H and O–H groups in total. The topological polar surface area (TPSA) is 66.0 Å². The van der Waals surface area contributed by atoms with Crippen LogP contribution in [-0.2, 0) is 11.3 Å². The Morgan fingerprint density at radius 2 is 1.72 bits per heavy atom. The second kappa shape index (κ2) is 13.2. The number of hydrogen-bond acceptors (Lipinski definition) is 3. The molecule has 0 spiro atoms. The van der Waals surface area contributed by atoms with Gasteiger partial charge in [0.15, 0.2) is 5.96 Å². The number of nitrogens with one attached hydrogen (secondary N) is 2. The third-order valence-electron chi connectivity index (χ3n) is 5.49. The number of benzene rings is 1. The highest BCUT2D eigenvalue weighted by Gasteiger charge is 2.13. The molecule has 1 aliphatic rings. The molecule has 0 heterocycles. The van der Waals surface area contributed by atoms with E-state index in [0.29, 0.717) is 19.3 Å². The molecule has 0 aliphatic heterocycles. The number of rotatable bonds is 9. The van der Waals surface area contributed by atoms with Crippen LogP contribution in [0.5, 0.6) is 0 Å². The first-order chi connectivity index (χ1) is 14.2. The van der Waals surface area contributed by atoms with Crippen LogP contribution < -0.4 is 10.6 Å². The van der Waals surface area contributed by atoms with Gasteiger partial charge in [0.2, 0.25) is 0 Å². The maximum Gasteiger partial charge on any atom is 0.253 e. The van der Waals surface area contributed by atoms with Crippen LogP contribution in [0.15, 0.2) is 29.3 Å². The first-order valence-corrected chi connectivity index (χ1v) is 11.1. The summed E-state index contributed by atoms with van der Waals surface area (Å²) >= 11 is 0. The van der Waals surface area contributed by atoms with Gasteiger partial charge in [-0.2, -0.15) is 0 Å². The lowest BCUT2D eigenvalue weighted by Gasteiger charge is -2.19. The van der Waals surface area contributed by atoms with Crippen LogP contribution in [0.1, 0.15) is 68.3 Å². The van der Waals surface area contributed by atoms with Crippen molar-refractivity contribution >= 4 is 11.9 Å². The van der Waals surface area contributed by atoms with Crippen molar-refractivity contribution in [2.45, 2.75) is 65.0 Å². The fourth-order valence-corrected chi connectivity index (χ4v) is 3.67. The van der Waals surface area contributed by atoms with Gasteiger partial charge in [0, 0.05) is 38.8 Å². The van der Waals surface area contributed by atoms with Gasteiger partial charge in [0.25, 0.3) is 5.91 Å². The zero-order valence-electron chi connectivity index (χ0n) is 18.4. The van der Waals surface area contributed by atoms with E-state index in [1.54, 1.807) is 7.05 Å². The fraction of sp³-hybridized carbons (Fsp3) is 0.652. The van der Waals surface area contributed by atoms with Gasteiger partial charge in [-0.15, -0.1) is 0 Å². The van der Waals surface area contributed by atoms with Gasteiger partial charge in [-0.25, -0.2) is 0 Å². The molecule has 0 aromatic heterocycles. The van der Waals surface area contributed by atoms with Crippen molar-refractivity contribution in [3.63, 3.8) is 0 Å². The van der Waals surface area contributed by atoms with Gasteiger partial charge in [-0.05, 0) is 44.4 Å². The van der Waals surface area contributed by atoms with E-state index in [1.165, 1.54) is 38.5 Å². The Kier molecular flexibility index (Phi) is 10.6. The standard InChI is InChI=1S/C23H38N4O2/c1-4-27(5-2)22(28)20-14-12-19(13-15-20)18-26-23(24-3)25-16-17-29-21-10-8-6-7-9-11-21/h12-15,21H,4-11,16-18H2,1-3H3,(H2,24,25,26). The van der Waals surface area contributed by atoms with Crippen molar-refractivity contribution in [2.75, 3.05) is 33.3 Å². The summed E-state index contributed by atoms with van der Waals surface area (Å²) in [7, 11) is 1.77. The monoisotopic (exact) mass is 402 g/mol. The number of aliphatic imine (C=N–C) groups is 1. The lowest BCUT2D eigenvalue weighted by Crippen LogP contribution is -2.39. The predicted octanol–water partition coefficient (Wildman–Crippen LogP) is 3.57. The maximum atomic E-state index is 12.4. The molecular formula is C23H38N4O2. The first kappa shape index (κ1) is 23.2. The predicted molar refractivity (Wildman–Crippen MR) is 119 cm³/mol. The number of hydrogen-bond donors (Lipinski definition) is 2. The van der Waals surface area contributed by atoms with Crippen molar-refractivity contribution < 1.29 is 9.53 Å². The zero-order chi connectivity index (χ0) is 20.9. The normalized spacial score (nSPS) is 15.6. The smallest absolute Gasteiger partial charge is 0.253 e. The Morgan fingerprint density at radius 1 is 1.07 bits per heavy atom. The SMILES string of the molecule is CCN(CC)C(=O)c1ccc(CNC(=NC)NCCOC2CCCCCC2)cc1. The molecule has 1 aromatic rings. The van der Waals surface area contributed by atoms with Crippen molar-refractivity contribution in [1.29, 1.82) is 0 Å². The fourth-order valence-electron chi connectivity index (χ4n) is 3.67. The van der Waals surface area contributed by atoms with E-state index < -0.39 is 0 Å². The number of carbonyl (C=O) groups is 1. The Bertz CT molecular complexity index is 618. The Morgan fingerprint density at radius 3 is 2.31 bits per heavy atom. The molecule has 162 valence electrons. The minimum absolute atomic E-state index is 0.0839. The van der Waals surface area contributed by atoms with Crippen LogP contribution in [0.3, 0.4) is 0 Å². The minimum Gasteiger partial charge on any atom is -0.376 e. The van der Waals surface area contributed by atoms with Gasteiger partial charge in [-0.1, -0.05) is 37.8 Å². The van der Waals surface area contributed by atoms with Gasteiger partial charge in [0.1, 0.15) is 0 Å². The number of nitrogens with zero attached hydrogens (tertiary/aromatic N) is 2. The summed E-state index contributed by atoms with van der Waals surface area (Å²) in [4.78, 5) is 18.5. The summed E-state index contributed by atoms with van der Waals surface area (Å²) in [5.74, 6) is 0.846. The summed E-state index contributed by atoms with van der Waals surface area (Å²) in [5, 5.41) is 6.62. The van der Waals surface area contributed by atoms with E-state index >= 15 is 0 Å². The second-order valence-corrected chi connectivity index (χ2v) is 7.51. The molecule has 6 nitrogen and oxygen atoms in total. The highest BCUT2D eigenvalue weighted by molar-refractivity contribution is 5.94. The average Bonchev–Trinajstić information content (AvgIpc) is 3.03. The molecule has 0 bridgehead atoms. The number of ether oxygens (including phenoxy) is 1.